The van der Waals surface area contributed by atoms with Crippen LogP contribution in [0.5, 0.6) is 0 Å². The van der Waals surface area contributed by atoms with Gasteiger partial charge in [-0.25, -0.2) is 9.98 Å². The summed E-state index contributed by atoms with van der Waals surface area (Å²) in [5, 5.41) is 2.41. The molecule has 3 heterocycles. The van der Waals surface area contributed by atoms with Crippen molar-refractivity contribution in [1.29, 1.82) is 0 Å². The van der Waals surface area contributed by atoms with Crippen LogP contribution in [0.15, 0.2) is 107 Å². The number of nitrogens with zero attached hydrogens (tertiary/aromatic N) is 2. The smallest absolute Gasteiger partial charge is 0.218 e. The Hall–Kier alpha value is -3.96. The standard InChI is InChI=1S/C30H22N2O2S/c1-3-9-19(10-4-1)25-17-33-29(31-25)23-15-7-13-21-22-14-8-16-24(28(22)35-27(21)23)30-32-26(18-34-30)20-11-5-2-6-12-20/h1-16,25-26H,17-18H2/t25-,26-/m0/s1. The highest BCUT2D eigenvalue weighted by Gasteiger charge is 2.26. The van der Waals surface area contributed by atoms with E-state index in [1.807, 2.05) is 36.4 Å². The zero-order chi connectivity index (χ0) is 23.2. The maximum atomic E-state index is 6.11. The Morgan fingerprint density at radius 3 is 1.46 bits per heavy atom. The van der Waals surface area contributed by atoms with Gasteiger partial charge in [0.2, 0.25) is 11.8 Å². The minimum atomic E-state index is 0.0301. The number of fused-ring (bicyclic) bond motifs is 3. The average Bonchev–Trinajstić information content (AvgIpc) is 3.68. The van der Waals surface area contributed by atoms with Gasteiger partial charge in [0.05, 0.1) is 11.1 Å². The van der Waals surface area contributed by atoms with E-state index in [0.29, 0.717) is 13.2 Å². The fourth-order valence-corrected chi connectivity index (χ4v) is 6.20. The molecule has 0 N–H and O–H groups in total. The third kappa shape index (κ3) is 3.51. The summed E-state index contributed by atoms with van der Waals surface area (Å²) >= 11 is 1.76. The first-order valence-corrected chi connectivity index (χ1v) is 12.6. The molecule has 1 aromatic heterocycles. The van der Waals surface area contributed by atoms with Crippen molar-refractivity contribution in [3.05, 3.63) is 119 Å². The van der Waals surface area contributed by atoms with Gasteiger partial charge in [-0.2, -0.15) is 0 Å². The summed E-state index contributed by atoms with van der Waals surface area (Å²) in [6.45, 7) is 1.13. The molecule has 5 heteroatoms. The summed E-state index contributed by atoms with van der Waals surface area (Å²) in [5.41, 5.74) is 4.45. The van der Waals surface area contributed by atoms with E-state index in [4.69, 9.17) is 19.5 Å². The van der Waals surface area contributed by atoms with Gasteiger partial charge in [0, 0.05) is 20.2 Å². The summed E-state index contributed by atoms with van der Waals surface area (Å²) in [5.74, 6) is 1.44. The van der Waals surface area contributed by atoms with E-state index in [2.05, 4.69) is 60.7 Å². The molecular weight excluding hydrogens is 452 g/mol. The van der Waals surface area contributed by atoms with Crippen LogP contribution in [0.2, 0.25) is 0 Å². The first kappa shape index (κ1) is 20.4. The molecule has 7 rings (SSSR count). The van der Waals surface area contributed by atoms with Gasteiger partial charge in [0.25, 0.3) is 0 Å². The van der Waals surface area contributed by atoms with E-state index in [0.717, 1.165) is 22.9 Å². The van der Waals surface area contributed by atoms with Crippen molar-refractivity contribution >= 4 is 43.3 Å². The molecule has 0 fully saturated rings. The first-order valence-electron chi connectivity index (χ1n) is 11.8. The van der Waals surface area contributed by atoms with Crippen LogP contribution in [0, 0.1) is 0 Å². The molecule has 4 nitrogen and oxygen atoms in total. The molecule has 0 saturated carbocycles. The lowest BCUT2D eigenvalue weighted by molar-refractivity contribution is 0.320. The minimum Gasteiger partial charge on any atom is -0.475 e. The van der Waals surface area contributed by atoms with E-state index in [1.165, 1.54) is 31.3 Å². The molecule has 0 radical (unpaired) electrons. The normalized spacial score (nSPS) is 19.4. The second-order valence-corrected chi connectivity index (χ2v) is 9.83. The SMILES string of the molecule is c1ccc([C@@H]2COC(c3cccc4c3sc3c(C5=N[C@H](c6ccccc6)CO5)cccc34)=N2)cc1. The zero-order valence-corrected chi connectivity index (χ0v) is 19.7. The van der Waals surface area contributed by atoms with Crippen molar-refractivity contribution in [2.24, 2.45) is 9.98 Å². The summed E-state index contributed by atoms with van der Waals surface area (Å²) in [7, 11) is 0. The first-order chi connectivity index (χ1) is 17.3. The second-order valence-electron chi connectivity index (χ2n) is 8.81. The van der Waals surface area contributed by atoms with Crippen molar-refractivity contribution in [3.8, 4) is 0 Å². The monoisotopic (exact) mass is 474 g/mol. The predicted octanol–water partition coefficient (Wildman–Crippen LogP) is 7.09. The van der Waals surface area contributed by atoms with E-state index in [-0.39, 0.29) is 12.1 Å². The van der Waals surface area contributed by atoms with E-state index in [1.54, 1.807) is 11.3 Å². The summed E-state index contributed by atoms with van der Waals surface area (Å²) in [6, 6.07) is 33.5. The lowest BCUT2D eigenvalue weighted by Crippen LogP contribution is -2.01. The van der Waals surface area contributed by atoms with Gasteiger partial charge in [-0.05, 0) is 23.3 Å². The minimum absolute atomic E-state index is 0.0301. The van der Waals surface area contributed by atoms with E-state index < -0.39 is 0 Å². The number of hydrogen-bond acceptors (Lipinski definition) is 5. The largest absolute Gasteiger partial charge is 0.475 e. The maximum absolute atomic E-state index is 6.11. The molecule has 0 spiro atoms. The van der Waals surface area contributed by atoms with Gasteiger partial charge in [-0.3, -0.25) is 0 Å². The molecule has 2 aliphatic heterocycles. The summed E-state index contributed by atoms with van der Waals surface area (Å²) < 4.78 is 14.6. The highest BCUT2D eigenvalue weighted by atomic mass is 32.1. The number of hydrogen-bond donors (Lipinski definition) is 0. The molecule has 0 saturated heterocycles. The van der Waals surface area contributed by atoms with Crippen LogP contribution in [-0.2, 0) is 9.47 Å². The predicted molar refractivity (Wildman–Crippen MR) is 143 cm³/mol. The molecule has 5 aromatic rings. The Morgan fingerprint density at radius 1 is 0.543 bits per heavy atom. The third-order valence-corrected chi connectivity index (χ3v) is 7.94. The molecule has 170 valence electrons. The Balaban J connectivity index is 1.31. The molecule has 0 unspecified atom stereocenters. The van der Waals surface area contributed by atoms with Crippen LogP contribution in [0.25, 0.3) is 20.2 Å². The highest BCUT2D eigenvalue weighted by Crippen LogP contribution is 2.40. The van der Waals surface area contributed by atoms with Crippen molar-refractivity contribution in [2.45, 2.75) is 12.1 Å². The number of thiophene rings is 1. The van der Waals surface area contributed by atoms with E-state index >= 15 is 0 Å². The molecule has 2 atom stereocenters. The topological polar surface area (TPSA) is 43.2 Å². The van der Waals surface area contributed by atoms with Crippen LogP contribution in [0.1, 0.15) is 34.3 Å². The Kier molecular flexibility index (Phi) is 4.88. The van der Waals surface area contributed by atoms with Gasteiger partial charge < -0.3 is 9.47 Å². The maximum Gasteiger partial charge on any atom is 0.218 e. The van der Waals surface area contributed by atoms with Gasteiger partial charge >= 0.3 is 0 Å². The molecule has 0 bridgehead atoms. The fraction of sp³-hybridized carbons (Fsp3) is 0.133. The van der Waals surface area contributed by atoms with Gasteiger partial charge in [0.1, 0.15) is 25.3 Å². The Labute approximate surface area is 207 Å². The molecular formula is C30H22N2O2S. The quantitative estimate of drug-likeness (QED) is 0.279. The number of benzene rings is 4. The number of rotatable bonds is 4. The van der Waals surface area contributed by atoms with Crippen LogP contribution < -0.4 is 0 Å². The number of aliphatic imine (C=N–C) groups is 2. The molecule has 4 aromatic carbocycles. The van der Waals surface area contributed by atoms with Crippen molar-refractivity contribution in [2.75, 3.05) is 13.2 Å². The molecule has 0 amide bonds. The zero-order valence-electron chi connectivity index (χ0n) is 18.9. The summed E-state index contributed by atoms with van der Waals surface area (Å²) in [4.78, 5) is 9.89. The van der Waals surface area contributed by atoms with Crippen molar-refractivity contribution in [1.82, 2.24) is 0 Å². The van der Waals surface area contributed by atoms with E-state index in [9.17, 15) is 0 Å². The van der Waals surface area contributed by atoms with Gasteiger partial charge in [-0.15, -0.1) is 11.3 Å². The van der Waals surface area contributed by atoms with Crippen molar-refractivity contribution in [3.63, 3.8) is 0 Å². The summed E-state index contributed by atoms with van der Waals surface area (Å²) in [6.07, 6.45) is 0. The Bertz CT molecular complexity index is 1490. The molecule has 2 aliphatic rings. The average molecular weight is 475 g/mol. The van der Waals surface area contributed by atoms with Gasteiger partial charge in [-0.1, -0.05) is 84.9 Å². The van der Waals surface area contributed by atoms with Crippen LogP contribution in [-0.4, -0.2) is 25.0 Å². The lowest BCUT2D eigenvalue weighted by Gasteiger charge is -2.03. The van der Waals surface area contributed by atoms with Gasteiger partial charge in [0.15, 0.2) is 0 Å². The Morgan fingerprint density at radius 2 is 1.00 bits per heavy atom. The second kappa shape index (κ2) is 8.36. The van der Waals surface area contributed by atoms with Crippen LogP contribution in [0.3, 0.4) is 0 Å². The van der Waals surface area contributed by atoms with Crippen molar-refractivity contribution < 1.29 is 9.47 Å². The number of ether oxygens (including phenoxy) is 2. The highest BCUT2D eigenvalue weighted by molar-refractivity contribution is 7.26. The van der Waals surface area contributed by atoms with Crippen LogP contribution in [0.4, 0.5) is 0 Å². The van der Waals surface area contributed by atoms with Crippen LogP contribution >= 0.6 is 11.3 Å². The molecule has 0 aliphatic carbocycles. The third-order valence-electron chi connectivity index (χ3n) is 6.66. The molecule has 35 heavy (non-hydrogen) atoms. The fourth-order valence-electron chi connectivity index (χ4n) is 4.89. The lowest BCUT2D eigenvalue weighted by atomic mass is 10.1.